The molecule has 7 aromatic rings. The van der Waals surface area contributed by atoms with Crippen LogP contribution in [0.2, 0.25) is 0 Å². The zero-order chi connectivity index (χ0) is 26.3. The van der Waals surface area contributed by atoms with Crippen molar-refractivity contribution < 1.29 is 24.6 Å². The number of nitrogens with zero attached hydrogens (tertiary/aromatic N) is 3. The van der Waals surface area contributed by atoms with Crippen LogP contribution in [0.1, 0.15) is 16.1 Å². The van der Waals surface area contributed by atoms with Gasteiger partial charge in [-0.05, 0) is 47.3 Å². The Balaban J connectivity index is 1.85. The maximum Gasteiger partial charge on any atom is 0.354 e. The van der Waals surface area contributed by atoms with Crippen LogP contribution in [-0.2, 0) is 9.59 Å². The first kappa shape index (κ1) is 21.7. The maximum absolute atomic E-state index is 13.4. The van der Waals surface area contributed by atoms with Gasteiger partial charge in [-0.3, -0.25) is 20.0 Å². The highest BCUT2D eigenvalue weighted by molar-refractivity contribution is 6.12. The lowest BCUT2D eigenvalue weighted by molar-refractivity contribution is -0.141. The van der Waals surface area contributed by atoms with Crippen molar-refractivity contribution in [2.75, 3.05) is 0 Å². The second-order valence-corrected chi connectivity index (χ2v) is 9.03. The van der Waals surface area contributed by atoms with Crippen LogP contribution in [0.5, 0.6) is 0 Å². The van der Waals surface area contributed by atoms with E-state index in [1.54, 1.807) is 54.6 Å². The van der Waals surface area contributed by atoms with E-state index in [0.717, 1.165) is 5.01 Å². The number of fused-ring (bicyclic) bond motifs is 4. The van der Waals surface area contributed by atoms with Gasteiger partial charge in [0.25, 0.3) is 11.5 Å². The summed E-state index contributed by atoms with van der Waals surface area (Å²) < 4.78 is 0. The molecule has 10 bridgehead atoms. The number of aliphatic carboxylic acids is 2. The number of H-pyrrole nitrogens is 1. The van der Waals surface area contributed by atoms with Crippen LogP contribution in [0.25, 0.3) is 44.0 Å². The van der Waals surface area contributed by atoms with Gasteiger partial charge in [-0.25, -0.2) is 19.6 Å². The Labute approximate surface area is 211 Å². The second kappa shape index (κ2) is 7.46. The standard InChI is InChI=1S/C27H15N5O6/c33-24-17-7-1-11-9-13(3-5-15(11)28-17)19-21(30-24)20-14-4-6-16-12(10-14)2-8-18(29-16)25(34)31-32(22(19)26(35)36)23(20)27(37)38/h1-10,23H,(H,30,33)(H,31,34)(H,35,36)(H,37,38). The Morgan fingerprint density at radius 2 is 1.50 bits per heavy atom. The molecule has 1 unspecified atom stereocenters. The SMILES string of the molecule is O=C(O)C1=c2c([nH]c(=O)c3ccc4cc2ccc4n3)=C2c3ccc4nc(ccc4c3)C(=O)NN1C2C(=O)O. The predicted octanol–water partition coefficient (Wildman–Crippen LogP) is 0.444. The quantitative estimate of drug-likeness (QED) is 0.266. The maximum atomic E-state index is 13.4. The van der Waals surface area contributed by atoms with E-state index < -0.39 is 35.1 Å². The van der Waals surface area contributed by atoms with Crippen molar-refractivity contribution in [2.24, 2.45) is 0 Å². The molecule has 0 spiro atoms. The van der Waals surface area contributed by atoms with E-state index in [1.807, 2.05) is 0 Å². The first-order valence-corrected chi connectivity index (χ1v) is 11.5. The summed E-state index contributed by atoms with van der Waals surface area (Å²) in [7, 11) is 0. The van der Waals surface area contributed by atoms with Crippen LogP contribution in [0.4, 0.5) is 0 Å². The molecule has 4 aliphatic rings. The molecule has 11 heteroatoms. The summed E-state index contributed by atoms with van der Waals surface area (Å²) in [4.78, 5) is 63.8. The van der Waals surface area contributed by atoms with Crippen molar-refractivity contribution in [3.8, 4) is 0 Å². The Morgan fingerprint density at radius 3 is 2.29 bits per heavy atom. The van der Waals surface area contributed by atoms with Crippen molar-refractivity contribution in [1.29, 1.82) is 0 Å². The zero-order valence-corrected chi connectivity index (χ0v) is 19.2. The number of carboxylic acids is 2. The van der Waals surface area contributed by atoms with Gasteiger partial charge in [0.1, 0.15) is 11.2 Å². The van der Waals surface area contributed by atoms with Crippen LogP contribution >= 0.6 is 0 Å². The summed E-state index contributed by atoms with van der Waals surface area (Å²) >= 11 is 0. The minimum Gasteiger partial charge on any atom is -0.479 e. The molecule has 11 rings (SSSR count). The van der Waals surface area contributed by atoms with Crippen molar-refractivity contribution in [1.82, 2.24) is 25.4 Å². The molecule has 0 saturated heterocycles. The third-order valence-electron chi connectivity index (χ3n) is 6.87. The third-order valence-corrected chi connectivity index (χ3v) is 6.87. The Kier molecular flexibility index (Phi) is 4.26. The van der Waals surface area contributed by atoms with Gasteiger partial charge in [-0.2, -0.15) is 0 Å². The minimum atomic E-state index is -1.71. The number of amides is 1. The van der Waals surface area contributed by atoms with Gasteiger partial charge >= 0.3 is 11.9 Å². The second-order valence-electron chi connectivity index (χ2n) is 9.03. The van der Waals surface area contributed by atoms with Gasteiger partial charge in [0.15, 0.2) is 11.7 Å². The number of aromatic amines is 1. The molecule has 0 saturated carbocycles. The molecule has 4 N–H and O–H groups in total. The number of carbonyl (C=O) groups is 3. The fourth-order valence-electron chi connectivity index (χ4n) is 5.22. The number of pyridine rings is 2. The monoisotopic (exact) mass is 505 g/mol. The lowest BCUT2D eigenvalue weighted by Gasteiger charge is -2.35. The number of hydrogen-bond acceptors (Lipinski definition) is 7. The summed E-state index contributed by atoms with van der Waals surface area (Å²) in [5.74, 6) is -3.73. The Hall–Kier alpha value is -5.58. The van der Waals surface area contributed by atoms with E-state index in [-0.39, 0.29) is 27.4 Å². The number of hydrazine groups is 1. The van der Waals surface area contributed by atoms with Gasteiger partial charge in [-0.15, -0.1) is 0 Å². The van der Waals surface area contributed by atoms with Crippen LogP contribution in [0.15, 0.2) is 65.5 Å². The molecule has 1 atom stereocenters. The van der Waals surface area contributed by atoms with E-state index in [9.17, 15) is 29.4 Å². The highest BCUT2D eigenvalue weighted by Crippen LogP contribution is 2.28. The summed E-state index contributed by atoms with van der Waals surface area (Å²) in [5.41, 5.74) is 2.87. The largest absolute Gasteiger partial charge is 0.479 e. The average molecular weight is 505 g/mol. The van der Waals surface area contributed by atoms with Gasteiger partial charge in [0.2, 0.25) is 0 Å². The molecule has 2 aromatic carbocycles. The van der Waals surface area contributed by atoms with Crippen molar-refractivity contribution in [3.05, 3.63) is 92.8 Å². The number of nitrogens with one attached hydrogen (secondary N) is 2. The first-order valence-electron chi connectivity index (χ1n) is 11.5. The van der Waals surface area contributed by atoms with Crippen molar-refractivity contribution in [3.63, 3.8) is 0 Å². The summed E-state index contributed by atoms with van der Waals surface area (Å²) in [6.07, 6.45) is 0. The molecule has 5 aromatic heterocycles. The number of rotatable bonds is 2. The fourth-order valence-corrected chi connectivity index (χ4v) is 5.22. The molecular weight excluding hydrogens is 490 g/mol. The Bertz CT molecular complexity index is 2130. The fraction of sp³-hybridized carbons (Fsp3) is 0.0370. The number of benzene rings is 2. The number of carbonyl (C=O) groups excluding carboxylic acids is 1. The van der Waals surface area contributed by atoms with E-state index in [4.69, 9.17) is 0 Å². The van der Waals surface area contributed by atoms with Crippen LogP contribution in [-0.4, -0.2) is 54.1 Å². The average Bonchev–Trinajstić information content (AvgIpc) is 2.94. The smallest absolute Gasteiger partial charge is 0.354 e. The molecule has 1 amide bonds. The number of hydrogen-bond donors (Lipinski definition) is 4. The Morgan fingerprint density at radius 1 is 0.816 bits per heavy atom. The summed E-state index contributed by atoms with van der Waals surface area (Å²) in [6.45, 7) is 0. The van der Waals surface area contributed by atoms with Crippen LogP contribution in [0, 0.1) is 0 Å². The molecule has 38 heavy (non-hydrogen) atoms. The van der Waals surface area contributed by atoms with Crippen LogP contribution < -0.4 is 21.6 Å². The van der Waals surface area contributed by atoms with E-state index in [0.29, 0.717) is 32.8 Å². The number of carboxylic acid groups (broad SMARTS) is 2. The van der Waals surface area contributed by atoms with Gasteiger partial charge in [0.05, 0.1) is 16.4 Å². The lowest BCUT2D eigenvalue weighted by atomic mass is 9.91. The first-order chi connectivity index (χ1) is 18.3. The highest BCUT2D eigenvalue weighted by Gasteiger charge is 2.40. The normalized spacial score (nSPS) is 16.3. The van der Waals surface area contributed by atoms with Gasteiger partial charge in [-0.1, -0.05) is 24.3 Å². The van der Waals surface area contributed by atoms with Crippen molar-refractivity contribution in [2.45, 2.75) is 6.04 Å². The van der Waals surface area contributed by atoms with E-state index in [1.165, 1.54) is 6.07 Å². The van der Waals surface area contributed by atoms with E-state index in [2.05, 4.69) is 20.4 Å². The van der Waals surface area contributed by atoms with Crippen molar-refractivity contribution >= 4 is 61.8 Å². The molecule has 184 valence electrons. The number of aromatic nitrogens is 3. The molecule has 0 radical (unpaired) electrons. The molecule has 0 fully saturated rings. The molecule has 4 aliphatic heterocycles. The summed E-state index contributed by atoms with van der Waals surface area (Å²) in [5, 5.41) is 23.4. The zero-order valence-electron chi connectivity index (χ0n) is 19.2. The highest BCUT2D eigenvalue weighted by atomic mass is 16.4. The molecule has 9 heterocycles. The predicted molar refractivity (Wildman–Crippen MR) is 135 cm³/mol. The van der Waals surface area contributed by atoms with Crippen LogP contribution in [0.3, 0.4) is 0 Å². The molecule has 11 nitrogen and oxygen atoms in total. The minimum absolute atomic E-state index is 0.00351. The van der Waals surface area contributed by atoms with Gasteiger partial charge < -0.3 is 15.2 Å². The third kappa shape index (κ3) is 2.95. The lowest BCUT2D eigenvalue weighted by Crippen LogP contribution is -2.60. The molecule has 0 aliphatic carbocycles. The van der Waals surface area contributed by atoms with Gasteiger partial charge in [0, 0.05) is 21.6 Å². The molecular formula is C27H15N5O6. The topological polar surface area (TPSA) is 166 Å². The summed E-state index contributed by atoms with van der Waals surface area (Å²) in [6, 6.07) is 14.7. The van der Waals surface area contributed by atoms with E-state index >= 15 is 0 Å².